The average molecular weight is 253 g/mol. The van der Waals surface area contributed by atoms with Crippen LogP contribution in [0.25, 0.3) is 0 Å². The van der Waals surface area contributed by atoms with Gasteiger partial charge in [-0.05, 0) is 30.7 Å². The van der Waals surface area contributed by atoms with Gasteiger partial charge in [0.15, 0.2) is 0 Å². The Labute approximate surface area is 107 Å². The first-order valence-electron chi connectivity index (χ1n) is 5.89. The zero-order valence-corrected chi connectivity index (χ0v) is 10.8. The van der Waals surface area contributed by atoms with Crippen LogP contribution in [0.1, 0.15) is 17.5 Å². The summed E-state index contributed by atoms with van der Waals surface area (Å²) < 4.78 is 0. The Kier molecular flexibility index (Phi) is 4.02. The van der Waals surface area contributed by atoms with E-state index < -0.39 is 0 Å². The van der Waals surface area contributed by atoms with Crippen molar-refractivity contribution < 1.29 is 4.79 Å². The van der Waals surface area contributed by atoms with Gasteiger partial charge in [-0.2, -0.15) is 0 Å². The molecule has 0 spiro atoms. The Morgan fingerprint density at radius 2 is 2.29 bits per heavy atom. The largest absolute Gasteiger partial charge is 0.316 e. The van der Waals surface area contributed by atoms with Gasteiger partial charge in [0, 0.05) is 24.7 Å². The molecule has 0 radical (unpaired) electrons. The van der Waals surface area contributed by atoms with Crippen molar-refractivity contribution in [2.75, 3.05) is 24.4 Å². The molecule has 17 heavy (non-hydrogen) atoms. The van der Waals surface area contributed by atoms with E-state index in [1.165, 1.54) is 5.56 Å². The lowest BCUT2D eigenvalue weighted by atomic mass is 10.1. The van der Waals surface area contributed by atoms with Gasteiger partial charge in [0.2, 0.25) is 5.91 Å². The molecule has 0 atom stereocenters. The van der Waals surface area contributed by atoms with E-state index in [2.05, 4.69) is 17.4 Å². The number of amides is 1. The van der Waals surface area contributed by atoms with E-state index >= 15 is 0 Å². The van der Waals surface area contributed by atoms with E-state index in [1.807, 2.05) is 18.0 Å². The number of rotatable bonds is 5. The highest BCUT2D eigenvalue weighted by molar-refractivity contribution is 6.17. The van der Waals surface area contributed by atoms with Crippen LogP contribution in [0.3, 0.4) is 0 Å². The molecule has 0 fully saturated rings. The number of carbonyl (C=O) groups is 1. The van der Waals surface area contributed by atoms with Crippen molar-refractivity contribution in [2.45, 2.75) is 19.4 Å². The van der Waals surface area contributed by atoms with Gasteiger partial charge in [0.05, 0.1) is 6.42 Å². The first-order chi connectivity index (χ1) is 8.26. The second kappa shape index (κ2) is 5.52. The molecule has 1 aromatic rings. The lowest BCUT2D eigenvalue weighted by Gasteiger charge is -2.16. The summed E-state index contributed by atoms with van der Waals surface area (Å²) >= 11 is 5.67. The molecule has 0 bridgehead atoms. The van der Waals surface area contributed by atoms with Crippen LogP contribution < -0.4 is 10.2 Å². The third-order valence-corrected chi connectivity index (χ3v) is 3.24. The number of hydrogen-bond donors (Lipinski definition) is 1. The van der Waals surface area contributed by atoms with E-state index in [9.17, 15) is 4.79 Å². The number of anilines is 1. The molecule has 92 valence electrons. The summed E-state index contributed by atoms with van der Waals surface area (Å²) in [5.41, 5.74) is 3.41. The number of nitrogens with zero attached hydrogens (tertiary/aromatic N) is 1. The van der Waals surface area contributed by atoms with Crippen molar-refractivity contribution in [3.8, 4) is 0 Å². The molecule has 1 heterocycles. The normalized spacial score (nSPS) is 14.2. The fourth-order valence-corrected chi connectivity index (χ4v) is 2.33. The van der Waals surface area contributed by atoms with Gasteiger partial charge in [-0.3, -0.25) is 4.79 Å². The number of halogens is 1. The minimum absolute atomic E-state index is 0.187. The van der Waals surface area contributed by atoms with Gasteiger partial charge in [-0.1, -0.05) is 12.1 Å². The van der Waals surface area contributed by atoms with Crippen LogP contribution in [0.5, 0.6) is 0 Å². The Balaban J connectivity index is 2.19. The van der Waals surface area contributed by atoms with Crippen LogP contribution in [0, 0.1) is 0 Å². The summed E-state index contributed by atoms with van der Waals surface area (Å²) in [6.45, 7) is 1.56. The molecule has 1 amide bonds. The quantitative estimate of drug-likeness (QED) is 0.813. The van der Waals surface area contributed by atoms with Crippen molar-refractivity contribution >= 4 is 23.2 Å². The number of hydrogen-bond acceptors (Lipinski definition) is 2. The third-order valence-electron chi connectivity index (χ3n) is 2.97. The van der Waals surface area contributed by atoms with Crippen LogP contribution in [0.15, 0.2) is 18.2 Å². The monoisotopic (exact) mass is 252 g/mol. The number of nitrogens with one attached hydrogen (secondary N) is 1. The van der Waals surface area contributed by atoms with Gasteiger partial charge >= 0.3 is 0 Å². The lowest BCUT2D eigenvalue weighted by Crippen LogP contribution is -2.27. The number of fused-ring (bicyclic) bond motifs is 1. The summed E-state index contributed by atoms with van der Waals surface area (Å²) in [4.78, 5) is 13.7. The van der Waals surface area contributed by atoms with E-state index in [0.29, 0.717) is 12.3 Å². The number of benzene rings is 1. The number of carbonyl (C=O) groups excluding carboxylic acids is 1. The van der Waals surface area contributed by atoms with Gasteiger partial charge in [-0.25, -0.2) is 0 Å². The van der Waals surface area contributed by atoms with Gasteiger partial charge in [0.25, 0.3) is 0 Å². The lowest BCUT2D eigenvalue weighted by molar-refractivity contribution is -0.117. The minimum Gasteiger partial charge on any atom is -0.316 e. The molecule has 1 aromatic carbocycles. The SMILES string of the molecule is CNCc1ccc2c(c1)CC(=O)N2CCCCl. The topological polar surface area (TPSA) is 32.3 Å². The summed E-state index contributed by atoms with van der Waals surface area (Å²) in [6.07, 6.45) is 1.36. The van der Waals surface area contributed by atoms with Crippen LogP contribution in [-0.2, 0) is 17.8 Å². The maximum Gasteiger partial charge on any atom is 0.231 e. The molecule has 0 aromatic heterocycles. The molecule has 3 nitrogen and oxygen atoms in total. The minimum atomic E-state index is 0.187. The second-order valence-corrected chi connectivity index (χ2v) is 4.64. The standard InChI is InChI=1S/C13H17ClN2O/c1-15-9-10-3-4-12-11(7-10)8-13(17)16(12)6-2-5-14/h3-4,7,15H,2,5-6,8-9H2,1H3. The summed E-state index contributed by atoms with van der Waals surface area (Å²) in [5, 5.41) is 3.12. The maximum absolute atomic E-state index is 11.9. The zero-order chi connectivity index (χ0) is 12.3. The van der Waals surface area contributed by atoms with Crippen LogP contribution in [-0.4, -0.2) is 25.4 Å². The highest BCUT2D eigenvalue weighted by Gasteiger charge is 2.26. The molecule has 1 aliphatic heterocycles. The summed E-state index contributed by atoms with van der Waals surface area (Å²) in [6, 6.07) is 6.23. The predicted octanol–water partition coefficient (Wildman–Crippen LogP) is 1.92. The van der Waals surface area contributed by atoms with Gasteiger partial charge < -0.3 is 10.2 Å². The van der Waals surface area contributed by atoms with Crippen molar-refractivity contribution in [3.63, 3.8) is 0 Å². The highest BCUT2D eigenvalue weighted by atomic mass is 35.5. The van der Waals surface area contributed by atoms with Crippen molar-refractivity contribution in [3.05, 3.63) is 29.3 Å². The molecule has 2 rings (SSSR count). The maximum atomic E-state index is 11.9. The predicted molar refractivity (Wildman–Crippen MR) is 70.6 cm³/mol. The van der Waals surface area contributed by atoms with Crippen LogP contribution in [0.2, 0.25) is 0 Å². The Morgan fingerprint density at radius 1 is 1.47 bits per heavy atom. The molecule has 0 saturated heterocycles. The summed E-state index contributed by atoms with van der Waals surface area (Å²) in [5.74, 6) is 0.781. The average Bonchev–Trinajstić information content (AvgIpc) is 2.62. The Bertz CT molecular complexity index is 420. The summed E-state index contributed by atoms with van der Waals surface area (Å²) in [7, 11) is 1.92. The molecular formula is C13H17ClN2O. The van der Waals surface area contributed by atoms with E-state index in [0.717, 1.165) is 30.8 Å². The third kappa shape index (κ3) is 2.61. The zero-order valence-electron chi connectivity index (χ0n) is 10.0. The van der Waals surface area contributed by atoms with E-state index in [1.54, 1.807) is 0 Å². The molecule has 1 N–H and O–H groups in total. The van der Waals surface area contributed by atoms with E-state index in [-0.39, 0.29) is 5.91 Å². The van der Waals surface area contributed by atoms with Crippen LogP contribution >= 0.6 is 11.6 Å². The van der Waals surface area contributed by atoms with Gasteiger partial charge in [-0.15, -0.1) is 11.6 Å². The molecule has 1 aliphatic rings. The fraction of sp³-hybridized carbons (Fsp3) is 0.462. The van der Waals surface area contributed by atoms with Crippen molar-refractivity contribution in [1.82, 2.24) is 5.32 Å². The Hall–Kier alpha value is -1.06. The molecule has 0 unspecified atom stereocenters. The fourth-order valence-electron chi connectivity index (χ4n) is 2.21. The Morgan fingerprint density at radius 3 is 3.00 bits per heavy atom. The first-order valence-corrected chi connectivity index (χ1v) is 6.42. The van der Waals surface area contributed by atoms with Gasteiger partial charge in [0.1, 0.15) is 0 Å². The molecule has 4 heteroatoms. The van der Waals surface area contributed by atoms with Crippen molar-refractivity contribution in [1.29, 1.82) is 0 Å². The second-order valence-electron chi connectivity index (χ2n) is 4.26. The highest BCUT2D eigenvalue weighted by Crippen LogP contribution is 2.29. The van der Waals surface area contributed by atoms with E-state index in [4.69, 9.17) is 11.6 Å². The first kappa shape index (κ1) is 12.4. The molecular weight excluding hydrogens is 236 g/mol. The smallest absolute Gasteiger partial charge is 0.231 e. The van der Waals surface area contributed by atoms with Crippen molar-refractivity contribution in [2.24, 2.45) is 0 Å². The molecule has 0 aliphatic carbocycles. The number of alkyl halides is 1. The van der Waals surface area contributed by atoms with Crippen LogP contribution in [0.4, 0.5) is 5.69 Å². The molecule has 0 saturated carbocycles.